The van der Waals surface area contributed by atoms with E-state index >= 15 is 0 Å². The standard InChI is InChI=1S/C8H6ClN3O/c1-5-7(11-13)12-4-2-3-6(9)8(12)10-5/h2-4H,1H3. The third kappa shape index (κ3) is 1.10. The highest BCUT2D eigenvalue weighted by Gasteiger charge is 2.10. The number of nitroso groups, excluding NO2 is 1. The van der Waals surface area contributed by atoms with Crippen molar-refractivity contribution < 1.29 is 0 Å². The topological polar surface area (TPSA) is 46.7 Å². The highest BCUT2D eigenvalue weighted by atomic mass is 35.5. The fourth-order valence-corrected chi connectivity index (χ4v) is 1.45. The van der Waals surface area contributed by atoms with Gasteiger partial charge in [0.25, 0.3) is 0 Å². The lowest BCUT2D eigenvalue weighted by molar-refractivity contribution is 1.15. The second kappa shape index (κ2) is 2.81. The van der Waals surface area contributed by atoms with Gasteiger partial charge in [0, 0.05) is 6.20 Å². The van der Waals surface area contributed by atoms with E-state index < -0.39 is 0 Å². The van der Waals surface area contributed by atoms with Crippen LogP contribution in [0.3, 0.4) is 0 Å². The molecule has 66 valence electrons. The van der Waals surface area contributed by atoms with Crippen LogP contribution in [0.4, 0.5) is 5.82 Å². The summed E-state index contributed by atoms with van der Waals surface area (Å²) in [5, 5.41) is 3.41. The second-order valence-electron chi connectivity index (χ2n) is 2.66. The normalized spacial score (nSPS) is 10.6. The molecule has 0 saturated heterocycles. The number of pyridine rings is 1. The Hall–Kier alpha value is -1.42. The molecule has 2 aromatic rings. The van der Waals surface area contributed by atoms with E-state index in [2.05, 4.69) is 10.2 Å². The van der Waals surface area contributed by atoms with Crippen LogP contribution < -0.4 is 0 Å². The largest absolute Gasteiger partial charge is 0.280 e. The molecular formula is C8H6ClN3O. The first-order valence-electron chi connectivity index (χ1n) is 3.70. The molecule has 0 N–H and O–H groups in total. The van der Waals surface area contributed by atoms with Crippen LogP contribution in [0, 0.1) is 11.8 Å². The number of halogens is 1. The molecule has 0 aliphatic heterocycles. The van der Waals surface area contributed by atoms with Crippen LogP contribution >= 0.6 is 11.6 Å². The van der Waals surface area contributed by atoms with Crippen molar-refractivity contribution >= 4 is 23.1 Å². The Morgan fingerprint density at radius 1 is 1.62 bits per heavy atom. The fourth-order valence-electron chi connectivity index (χ4n) is 1.25. The Labute approximate surface area is 79.1 Å². The predicted octanol–water partition coefficient (Wildman–Crippen LogP) is 2.69. The van der Waals surface area contributed by atoms with Gasteiger partial charge < -0.3 is 0 Å². The van der Waals surface area contributed by atoms with E-state index in [0.29, 0.717) is 22.2 Å². The molecule has 2 aromatic heterocycles. The van der Waals surface area contributed by atoms with Gasteiger partial charge >= 0.3 is 0 Å². The van der Waals surface area contributed by atoms with Gasteiger partial charge in [-0.1, -0.05) is 11.6 Å². The van der Waals surface area contributed by atoms with Crippen LogP contribution in [0.2, 0.25) is 5.02 Å². The fraction of sp³-hybridized carbons (Fsp3) is 0.125. The van der Waals surface area contributed by atoms with Crippen molar-refractivity contribution in [2.45, 2.75) is 6.92 Å². The number of imidazole rings is 1. The van der Waals surface area contributed by atoms with Gasteiger partial charge in [-0.3, -0.25) is 4.40 Å². The SMILES string of the molecule is Cc1nc2c(Cl)cccn2c1N=O. The molecule has 0 aliphatic rings. The Morgan fingerprint density at radius 2 is 2.38 bits per heavy atom. The smallest absolute Gasteiger partial charge is 0.204 e. The summed E-state index contributed by atoms with van der Waals surface area (Å²) in [6.07, 6.45) is 1.71. The van der Waals surface area contributed by atoms with Crippen molar-refractivity contribution in [3.63, 3.8) is 0 Å². The molecule has 0 fully saturated rings. The molecule has 13 heavy (non-hydrogen) atoms. The first-order valence-corrected chi connectivity index (χ1v) is 4.08. The maximum atomic E-state index is 10.5. The predicted molar refractivity (Wildman–Crippen MR) is 50.4 cm³/mol. The summed E-state index contributed by atoms with van der Waals surface area (Å²) in [4.78, 5) is 14.6. The van der Waals surface area contributed by atoms with Gasteiger partial charge in [0.2, 0.25) is 5.82 Å². The molecule has 0 saturated carbocycles. The molecule has 4 nitrogen and oxygen atoms in total. The van der Waals surface area contributed by atoms with Gasteiger partial charge in [-0.05, 0) is 24.2 Å². The number of nitrogens with zero attached hydrogens (tertiary/aromatic N) is 3. The van der Waals surface area contributed by atoms with Crippen LogP contribution in [0.15, 0.2) is 23.5 Å². The molecule has 0 atom stereocenters. The molecule has 0 aromatic carbocycles. The summed E-state index contributed by atoms with van der Waals surface area (Å²) in [7, 11) is 0. The molecule has 0 unspecified atom stereocenters. The Kier molecular flexibility index (Phi) is 1.77. The highest BCUT2D eigenvalue weighted by molar-refractivity contribution is 6.33. The lowest BCUT2D eigenvalue weighted by Gasteiger charge is -1.94. The number of rotatable bonds is 1. The highest BCUT2D eigenvalue weighted by Crippen LogP contribution is 2.24. The Balaban J connectivity index is 2.93. The van der Waals surface area contributed by atoms with Gasteiger partial charge in [-0.2, -0.15) is 0 Å². The van der Waals surface area contributed by atoms with Crippen molar-refractivity contribution in [2.24, 2.45) is 5.18 Å². The van der Waals surface area contributed by atoms with E-state index in [4.69, 9.17) is 11.6 Å². The molecule has 0 bridgehead atoms. The van der Waals surface area contributed by atoms with Gasteiger partial charge in [0.05, 0.1) is 10.7 Å². The van der Waals surface area contributed by atoms with Crippen LogP contribution in [0.5, 0.6) is 0 Å². The van der Waals surface area contributed by atoms with Crippen LogP contribution in [-0.2, 0) is 0 Å². The molecule has 0 radical (unpaired) electrons. The van der Waals surface area contributed by atoms with Crippen molar-refractivity contribution in [3.8, 4) is 0 Å². The maximum absolute atomic E-state index is 10.5. The van der Waals surface area contributed by atoms with E-state index in [9.17, 15) is 4.91 Å². The summed E-state index contributed by atoms with van der Waals surface area (Å²) in [5.74, 6) is 0.303. The molecule has 0 spiro atoms. The van der Waals surface area contributed by atoms with Crippen molar-refractivity contribution in [2.75, 3.05) is 0 Å². The van der Waals surface area contributed by atoms with Gasteiger partial charge in [0.15, 0.2) is 5.65 Å². The zero-order valence-electron chi connectivity index (χ0n) is 6.86. The average molecular weight is 196 g/mol. The molecule has 5 heteroatoms. The lowest BCUT2D eigenvalue weighted by atomic mass is 10.5. The van der Waals surface area contributed by atoms with Gasteiger partial charge in [0.1, 0.15) is 0 Å². The van der Waals surface area contributed by atoms with Crippen molar-refractivity contribution in [3.05, 3.63) is 34.0 Å². The summed E-state index contributed by atoms with van der Waals surface area (Å²) in [6, 6.07) is 3.46. The summed E-state index contributed by atoms with van der Waals surface area (Å²) < 4.78 is 1.57. The van der Waals surface area contributed by atoms with Crippen molar-refractivity contribution in [1.29, 1.82) is 0 Å². The monoisotopic (exact) mass is 195 g/mol. The van der Waals surface area contributed by atoms with Gasteiger partial charge in [-0.25, -0.2) is 4.98 Å². The minimum atomic E-state index is 0.303. The number of aromatic nitrogens is 2. The lowest BCUT2D eigenvalue weighted by Crippen LogP contribution is -1.82. The minimum absolute atomic E-state index is 0.303. The first-order chi connectivity index (χ1) is 6.24. The molecular weight excluding hydrogens is 190 g/mol. The first kappa shape index (κ1) is 8.19. The van der Waals surface area contributed by atoms with E-state index in [0.717, 1.165) is 0 Å². The number of aryl methyl sites for hydroxylation is 1. The van der Waals surface area contributed by atoms with Crippen LogP contribution in [-0.4, -0.2) is 9.38 Å². The Morgan fingerprint density at radius 3 is 3.08 bits per heavy atom. The molecule has 2 heterocycles. The maximum Gasteiger partial charge on any atom is 0.204 e. The van der Waals surface area contributed by atoms with E-state index in [-0.39, 0.29) is 0 Å². The number of hydrogen-bond acceptors (Lipinski definition) is 3. The van der Waals surface area contributed by atoms with Crippen LogP contribution in [0.25, 0.3) is 5.65 Å². The van der Waals surface area contributed by atoms with E-state index in [1.54, 1.807) is 29.7 Å². The third-order valence-electron chi connectivity index (χ3n) is 1.83. The summed E-state index contributed by atoms with van der Waals surface area (Å²) in [5.41, 5.74) is 1.15. The minimum Gasteiger partial charge on any atom is -0.280 e. The number of hydrogen-bond donors (Lipinski definition) is 0. The molecule has 0 amide bonds. The van der Waals surface area contributed by atoms with Crippen LogP contribution in [0.1, 0.15) is 5.69 Å². The van der Waals surface area contributed by atoms with Gasteiger partial charge in [-0.15, -0.1) is 4.91 Å². The van der Waals surface area contributed by atoms with E-state index in [1.165, 1.54) is 0 Å². The molecule has 0 aliphatic carbocycles. The third-order valence-corrected chi connectivity index (χ3v) is 2.13. The summed E-state index contributed by atoms with van der Waals surface area (Å²) in [6.45, 7) is 1.72. The molecule has 2 rings (SSSR count). The summed E-state index contributed by atoms with van der Waals surface area (Å²) >= 11 is 5.87. The van der Waals surface area contributed by atoms with E-state index in [1.807, 2.05) is 0 Å². The zero-order chi connectivity index (χ0) is 9.42. The van der Waals surface area contributed by atoms with Crippen molar-refractivity contribution in [1.82, 2.24) is 9.38 Å². The zero-order valence-corrected chi connectivity index (χ0v) is 7.62. The number of fused-ring (bicyclic) bond motifs is 1. The Bertz CT molecular complexity index is 477. The average Bonchev–Trinajstić information content (AvgIpc) is 2.43. The quantitative estimate of drug-likeness (QED) is 0.657. The second-order valence-corrected chi connectivity index (χ2v) is 3.07.